The fourth-order valence-corrected chi connectivity index (χ4v) is 8.87. The van der Waals surface area contributed by atoms with Crippen LogP contribution in [0.25, 0.3) is 0 Å². The minimum absolute atomic E-state index is 0.143. The number of hydrogen-bond donors (Lipinski definition) is 2. The monoisotopic (exact) mass is 703 g/mol. The minimum atomic E-state index is -1.32. The lowest BCUT2D eigenvalue weighted by molar-refractivity contribution is -0.170. The highest BCUT2D eigenvalue weighted by Crippen LogP contribution is 2.58. The van der Waals surface area contributed by atoms with Gasteiger partial charge in [0.15, 0.2) is 0 Å². The first-order valence-electron chi connectivity index (χ1n) is 19.9. The van der Waals surface area contributed by atoms with Crippen LogP contribution in [-0.2, 0) is 30.3 Å². The zero-order chi connectivity index (χ0) is 37.0. The van der Waals surface area contributed by atoms with Crippen molar-refractivity contribution < 1.29 is 29.0 Å². The van der Waals surface area contributed by atoms with Crippen LogP contribution in [0, 0.1) is 23.2 Å². The summed E-state index contributed by atoms with van der Waals surface area (Å²) in [7, 11) is 0. The standard InChI is InChI=1S/C44H65NO6/c1-7-9-11-13-18-25-38(46)50-37-27-28-43(6,49)30-31(3)21-20-24-35-41(51-39(47)26-19-14-12-10-8-2)33(5)32(4)40-36(45-42(48)44(35,37)40)29-34-22-16-15-17-23-34/h15-17,20,22-24,27-28,31,35-37,40-41,49H,7-14,18-19,21,25-26,29-30H2,1-6H3,(H,45,48)/b24-20+,28-27+/t31?,35-,36-,37+,40-,41+,43-,44+/m0/s1. The average Bonchev–Trinajstić information content (AvgIpc) is 3.37. The van der Waals surface area contributed by atoms with Crippen LogP contribution < -0.4 is 5.32 Å². The maximum atomic E-state index is 15.0. The Bertz CT molecular complexity index is 1400. The van der Waals surface area contributed by atoms with E-state index < -0.39 is 29.1 Å². The summed E-state index contributed by atoms with van der Waals surface area (Å²) in [6, 6.07) is 9.85. The van der Waals surface area contributed by atoms with E-state index in [-0.39, 0.29) is 42.1 Å². The average molecular weight is 704 g/mol. The molecule has 0 saturated carbocycles. The Hall–Kier alpha value is -3.19. The Morgan fingerprint density at radius 3 is 2.10 bits per heavy atom. The van der Waals surface area contributed by atoms with Crippen LogP contribution in [0.3, 0.4) is 0 Å². The van der Waals surface area contributed by atoms with E-state index >= 15 is 4.79 Å². The first kappa shape index (κ1) is 40.6. The van der Waals surface area contributed by atoms with Crippen molar-refractivity contribution in [2.24, 2.45) is 23.2 Å². The molecule has 1 aromatic rings. The van der Waals surface area contributed by atoms with Gasteiger partial charge in [0, 0.05) is 30.7 Å². The number of nitrogens with one attached hydrogen (secondary N) is 1. The van der Waals surface area contributed by atoms with Gasteiger partial charge in [-0.05, 0) is 76.0 Å². The van der Waals surface area contributed by atoms with E-state index in [2.05, 4.69) is 50.4 Å². The van der Waals surface area contributed by atoms with Gasteiger partial charge in [-0.25, -0.2) is 0 Å². The van der Waals surface area contributed by atoms with Crippen LogP contribution in [0.15, 0.2) is 65.8 Å². The van der Waals surface area contributed by atoms with Crippen LogP contribution in [0.5, 0.6) is 0 Å². The number of amides is 1. The molecule has 7 nitrogen and oxygen atoms in total. The van der Waals surface area contributed by atoms with Crippen LogP contribution >= 0.6 is 0 Å². The normalized spacial score (nSPS) is 31.9. The molecule has 0 radical (unpaired) electrons. The van der Waals surface area contributed by atoms with Gasteiger partial charge in [0.1, 0.15) is 17.6 Å². The van der Waals surface area contributed by atoms with Crippen LogP contribution in [0.2, 0.25) is 0 Å². The number of esters is 2. The predicted molar refractivity (Wildman–Crippen MR) is 204 cm³/mol. The zero-order valence-electron chi connectivity index (χ0n) is 32.3. The Labute approximate surface area is 307 Å². The van der Waals surface area contributed by atoms with E-state index in [1.807, 2.05) is 32.0 Å². The van der Waals surface area contributed by atoms with Gasteiger partial charge in [0.05, 0.1) is 5.60 Å². The Morgan fingerprint density at radius 1 is 0.863 bits per heavy atom. The lowest BCUT2D eigenvalue weighted by Gasteiger charge is -2.50. The molecule has 282 valence electrons. The third-order valence-corrected chi connectivity index (χ3v) is 11.5. The van der Waals surface area contributed by atoms with Gasteiger partial charge >= 0.3 is 11.9 Å². The SMILES string of the molecule is CCCCCCCC(=O)O[C@@H]1C(C)=C(C)[C@H]2[C@H](Cc3ccccc3)NC(=O)[C@]23[C@H](OC(=O)CCCCCCC)/C=C/[C@](C)(O)CC(C)C/C=C/[C@@H]13. The first-order chi connectivity index (χ1) is 24.4. The summed E-state index contributed by atoms with van der Waals surface area (Å²) >= 11 is 0. The number of carbonyl (C=O) groups is 3. The van der Waals surface area contributed by atoms with E-state index in [1.54, 1.807) is 19.1 Å². The summed E-state index contributed by atoms with van der Waals surface area (Å²) < 4.78 is 12.9. The van der Waals surface area contributed by atoms with Crippen molar-refractivity contribution in [3.8, 4) is 0 Å². The summed E-state index contributed by atoms with van der Waals surface area (Å²) in [5, 5.41) is 14.9. The van der Waals surface area contributed by atoms with Gasteiger partial charge in [0.25, 0.3) is 0 Å². The second-order valence-corrected chi connectivity index (χ2v) is 15.9. The van der Waals surface area contributed by atoms with E-state index in [0.29, 0.717) is 32.1 Å². The molecule has 3 aliphatic rings. The van der Waals surface area contributed by atoms with Crippen molar-refractivity contribution >= 4 is 17.8 Å². The lowest BCUT2D eigenvalue weighted by Crippen LogP contribution is -2.58. The molecule has 2 N–H and O–H groups in total. The van der Waals surface area contributed by atoms with Gasteiger partial charge in [-0.2, -0.15) is 0 Å². The van der Waals surface area contributed by atoms with E-state index in [9.17, 15) is 14.7 Å². The summed E-state index contributed by atoms with van der Waals surface area (Å²) in [6.07, 6.45) is 18.3. The van der Waals surface area contributed by atoms with Crippen LogP contribution in [0.1, 0.15) is 137 Å². The molecule has 1 spiro atoms. The van der Waals surface area contributed by atoms with Gasteiger partial charge < -0.3 is 19.9 Å². The van der Waals surface area contributed by atoms with Crippen molar-refractivity contribution in [3.05, 3.63) is 71.3 Å². The molecular weight excluding hydrogens is 638 g/mol. The maximum absolute atomic E-state index is 15.0. The highest BCUT2D eigenvalue weighted by atomic mass is 16.6. The molecule has 1 heterocycles. The van der Waals surface area contributed by atoms with E-state index in [0.717, 1.165) is 74.5 Å². The fraction of sp³-hybridized carbons (Fsp3) is 0.659. The Morgan fingerprint density at radius 2 is 1.47 bits per heavy atom. The van der Waals surface area contributed by atoms with Crippen molar-refractivity contribution in [1.29, 1.82) is 0 Å². The molecular formula is C44H65NO6. The van der Waals surface area contributed by atoms with Gasteiger partial charge in [-0.1, -0.05) is 126 Å². The van der Waals surface area contributed by atoms with Gasteiger partial charge in [-0.3, -0.25) is 14.4 Å². The summed E-state index contributed by atoms with van der Waals surface area (Å²) in [4.78, 5) is 42.3. The number of benzene rings is 1. The quantitative estimate of drug-likeness (QED) is 0.101. The predicted octanol–water partition coefficient (Wildman–Crippen LogP) is 9.13. The number of aliphatic hydroxyl groups is 1. The van der Waals surface area contributed by atoms with Crippen molar-refractivity contribution in [2.75, 3.05) is 0 Å². The largest absolute Gasteiger partial charge is 0.457 e. The zero-order valence-corrected chi connectivity index (χ0v) is 32.3. The topological polar surface area (TPSA) is 102 Å². The molecule has 1 aromatic carbocycles. The fourth-order valence-electron chi connectivity index (χ4n) is 8.87. The molecule has 1 fully saturated rings. The molecule has 2 aliphatic carbocycles. The molecule has 0 aromatic heterocycles. The van der Waals surface area contributed by atoms with Crippen molar-refractivity contribution in [1.82, 2.24) is 5.32 Å². The summed E-state index contributed by atoms with van der Waals surface area (Å²) in [5.41, 5.74) is 0.520. The number of ether oxygens (including phenoxy) is 2. The second kappa shape index (κ2) is 19.0. The van der Waals surface area contributed by atoms with Crippen molar-refractivity contribution in [2.45, 2.75) is 162 Å². The Kier molecular flexibility index (Phi) is 15.2. The maximum Gasteiger partial charge on any atom is 0.306 e. The molecule has 0 bridgehead atoms. The molecule has 1 amide bonds. The van der Waals surface area contributed by atoms with Crippen molar-refractivity contribution in [3.63, 3.8) is 0 Å². The Balaban J connectivity index is 1.84. The molecule has 1 unspecified atom stereocenters. The van der Waals surface area contributed by atoms with E-state index in [4.69, 9.17) is 9.47 Å². The van der Waals surface area contributed by atoms with Gasteiger partial charge in [0.2, 0.25) is 5.91 Å². The molecule has 51 heavy (non-hydrogen) atoms. The first-order valence-corrected chi connectivity index (χ1v) is 19.9. The minimum Gasteiger partial charge on any atom is -0.457 e. The number of allylic oxidation sites excluding steroid dienone is 1. The highest BCUT2D eigenvalue weighted by molar-refractivity contribution is 5.90. The third-order valence-electron chi connectivity index (χ3n) is 11.5. The number of carbonyl (C=O) groups excluding carboxylic acids is 3. The smallest absolute Gasteiger partial charge is 0.306 e. The number of unbranched alkanes of at least 4 members (excludes halogenated alkanes) is 8. The highest BCUT2D eigenvalue weighted by Gasteiger charge is 2.68. The molecule has 8 atom stereocenters. The summed E-state index contributed by atoms with van der Waals surface area (Å²) in [6.45, 7) is 12.3. The van der Waals surface area contributed by atoms with Crippen LogP contribution in [-0.4, -0.2) is 46.8 Å². The third kappa shape index (κ3) is 10.2. The number of hydrogen-bond acceptors (Lipinski definition) is 6. The van der Waals surface area contributed by atoms with Crippen LogP contribution in [0.4, 0.5) is 0 Å². The molecule has 1 aliphatic heterocycles. The lowest BCUT2D eigenvalue weighted by atomic mass is 9.54. The number of rotatable bonds is 16. The second-order valence-electron chi connectivity index (χ2n) is 15.9. The van der Waals surface area contributed by atoms with E-state index in [1.165, 1.54) is 0 Å². The summed E-state index contributed by atoms with van der Waals surface area (Å²) in [5.74, 6) is -1.66. The van der Waals surface area contributed by atoms with Gasteiger partial charge in [-0.15, -0.1) is 0 Å². The molecule has 7 heteroatoms. The molecule has 4 rings (SSSR count). The molecule has 1 saturated heterocycles.